The zero-order valence-electron chi connectivity index (χ0n) is 12.4. The molecule has 2 heterocycles. The SMILES string of the molecule is CCc1nc(Sc2nc(C(C)C)nc(N(C)C)n2)n[nH]1. The molecular weight excluding hydrogens is 274 g/mol. The van der Waals surface area contributed by atoms with E-state index in [0.717, 1.165) is 18.1 Å². The van der Waals surface area contributed by atoms with Crippen LogP contribution >= 0.6 is 11.8 Å². The van der Waals surface area contributed by atoms with Gasteiger partial charge in [0.05, 0.1) is 0 Å². The molecule has 0 saturated heterocycles. The lowest BCUT2D eigenvalue weighted by Crippen LogP contribution is -2.15. The first-order valence-corrected chi connectivity index (χ1v) is 7.33. The topological polar surface area (TPSA) is 83.5 Å². The van der Waals surface area contributed by atoms with Crippen molar-refractivity contribution < 1.29 is 0 Å². The van der Waals surface area contributed by atoms with E-state index in [1.54, 1.807) is 0 Å². The quantitative estimate of drug-likeness (QED) is 0.901. The summed E-state index contributed by atoms with van der Waals surface area (Å²) in [5.74, 6) is 2.53. The fraction of sp³-hybridized carbons (Fsp3) is 0.583. The van der Waals surface area contributed by atoms with E-state index in [2.05, 4.69) is 44.0 Å². The van der Waals surface area contributed by atoms with Gasteiger partial charge in [0.2, 0.25) is 16.3 Å². The molecule has 0 spiro atoms. The van der Waals surface area contributed by atoms with Gasteiger partial charge in [-0.25, -0.2) is 9.97 Å². The summed E-state index contributed by atoms with van der Waals surface area (Å²) in [7, 11) is 3.83. The van der Waals surface area contributed by atoms with Gasteiger partial charge in [-0.05, 0) is 11.8 Å². The molecule has 8 heteroatoms. The first-order valence-electron chi connectivity index (χ1n) is 6.52. The number of nitrogens with zero attached hydrogens (tertiary/aromatic N) is 6. The lowest BCUT2D eigenvalue weighted by Gasteiger charge is -2.13. The van der Waals surface area contributed by atoms with Crippen LogP contribution in [0.25, 0.3) is 0 Å². The molecule has 2 aromatic rings. The molecule has 0 atom stereocenters. The molecule has 0 aliphatic carbocycles. The van der Waals surface area contributed by atoms with E-state index in [1.165, 1.54) is 11.8 Å². The fourth-order valence-corrected chi connectivity index (χ4v) is 2.10. The normalized spacial score (nSPS) is 11.1. The zero-order chi connectivity index (χ0) is 14.7. The Morgan fingerprint density at radius 1 is 1.10 bits per heavy atom. The van der Waals surface area contributed by atoms with Crippen molar-refractivity contribution in [1.29, 1.82) is 0 Å². The van der Waals surface area contributed by atoms with Crippen LogP contribution in [0, 0.1) is 0 Å². The van der Waals surface area contributed by atoms with Gasteiger partial charge in [0.15, 0.2) is 0 Å². The Bertz CT molecular complexity index is 553. The molecule has 0 saturated carbocycles. The lowest BCUT2D eigenvalue weighted by atomic mass is 10.2. The average molecular weight is 293 g/mol. The van der Waals surface area contributed by atoms with E-state index >= 15 is 0 Å². The summed E-state index contributed by atoms with van der Waals surface area (Å²) in [6.45, 7) is 6.15. The van der Waals surface area contributed by atoms with E-state index in [1.807, 2.05) is 25.9 Å². The highest BCUT2D eigenvalue weighted by Crippen LogP contribution is 2.24. The van der Waals surface area contributed by atoms with E-state index in [4.69, 9.17) is 0 Å². The third-order valence-electron chi connectivity index (χ3n) is 2.57. The lowest BCUT2D eigenvalue weighted by molar-refractivity contribution is 0.715. The van der Waals surface area contributed by atoms with Crippen LogP contribution in [0.4, 0.5) is 5.95 Å². The highest BCUT2D eigenvalue weighted by atomic mass is 32.2. The molecule has 108 valence electrons. The van der Waals surface area contributed by atoms with Crippen LogP contribution in [0.1, 0.15) is 38.3 Å². The molecule has 0 amide bonds. The average Bonchev–Trinajstić information content (AvgIpc) is 2.85. The Balaban J connectivity index is 2.30. The van der Waals surface area contributed by atoms with Crippen molar-refractivity contribution in [3.8, 4) is 0 Å². The molecule has 0 aromatic carbocycles. The second-order valence-electron chi connectivity index (χ2n) is 4.85. The van der Waals surface area contributed by atoms with Crippen LogP contribution in [0.3, 0.4) is 0 Å². The first kappa shape index (κ1) is 14.7. The second kappa shape index (κ2) is 6.17. The van der Waals surface area contributed by atoms with Crippen molar-refractivity contribution in [3.05, 3.63) is 11.6 Å². The van der Waals surface area contributed by atoms with Gasteiger partial charge < -0.3 is 4.90 Å². The van der Waals surface area contributed by atoms with Crippen LogP contribution in [0.2, 0.25) is 0 Å². The van der Waals surface area contributed by atoms with Crippen LogP contribution in [-0.2, 0) is 6.42 Å². The minimum absolute atomic E-state index is 0.245. The molecule has 20 heavy (non-hydrogen) atoms. The summed E-state index contributed by atoms with van der Waals surface area (Å²) in [5.41, 5.74) is 0. The largest absolute Gasteiger partial charge is 0.347 e. The van der Waals surface area contributed by atoms with Crippen molar-refractivity contribution in [2.45, 2.75) is 43.4 Å². The van der Waals surface area contributed by atoms with Gasteiger partial charge in [0.1, 0.15) is 11.6 Å². The number of rotatable bonds is 5. The number of aryl methyl sites for hydroxylation is 1. The predicted octanol–water partition coefficient (Wildman–Crippen LogP) is 1.89. The highest BCUT2D eigenvalue weighted by Gasteiger charge is 2.13. The Hall–Kier alpha value is -1.70. The Kier molecular flexibility index (Phi) is 4.53. The van der Waals surface area contributed by atoms with Gasteiger partial charge in [-0.15, -0.1) is 5.10 Å². The summed E-state index contributed by atoms with van der Waals surface area (Å²) in [5, 5.41) is 8.28. The van der Waals surface area contributed by atoms with Gasteiger partial charge in [0, 0.05) is 26.4 Å². The van der Waals surface area contributed by atoms with Crippen molar-refractivity contribution in [2.75, 3.05) is 19.0 Å². The molecule has 0 radical (unpaired) electrons. The standard InChI is InChI=1S/C12H19N7S/c1-6-8-13-12(18-17-8)20-11-15-9(7(2)3)14-10(16-11)19(4)5/h7H,6H2,1-5H3,(H,13,17,18). The molecule has 2 aromatic heterocycles. The third-order valence-corrected chi connectivity index (χ3v) is 3.30. The van der Waals surface area contributed by atoms with Crippen LogP contribution < -0.4 is 4.90 Å². The molecule has 0 unspecified atom stereocenters. The summed E-state index contributed by atoms with van der Waals surface area (Å²) < 4.78 is 0. The molecule has 2 rings (SSSR count). The monoisotopic (exact) mass is 293 g/mol. The number of nitrogens with one attached hydrogen (secondary N) is 1. The van der Waals surface area contributed by atoms with E-state index in [0.29, 0.717) is 16.3 Å². The summed E-state index contributed by atoms with van der Waals surface area (Å²) in [4.78, 5) is 19.5. The van der Waals surface area contributed by atoms with Gasteiger partial charge in [-0.3, -0.25) is 5.10 Å². The molecule has 1 N–H and O–H groups in total. The Morgan fingerprint density at radius 2 is 1.85 bits per heavy atom. The van der Waals surface area contributed by atoms with Crippen molar-refractivity contribution in [2.24, 2.45) is 0 Å². The summed E-state index contributed by atoms with van der Waals surface area (Å²) in [6.07, 6.45) is 0.824. The van der Waals surface area contributed by atoms with Crippen LogP contribution in [0.5, 0.6) is 0 Å². The van der Waals surface area contributed by atoms with Crippen molar-refractivity contribution >= 4 is 17.7 Å². The van der Waals surface area contributed by atoms with E-state index in [-0.39, 0.29) is 5.92 Å². The third kappa shape index (κ3) is 3.44. The Labute approximate surface area is 122 Å². The maximum absolute atomic E-state index is 4.47. The first-order chi connectivity index (χ1) is 9.49. The minimum Gasteiger partial charge on any atom is -0.347 e. The minimum atomic E-state index is 0.245. The van der Waals surface area contributed by atoms with Crippen molar-refractivity contribution in [1.82, 2.24) is 30.1 Å². The molecule has 0 aliphatic heterocycles. The maximum Gasteiger partial charge on any atom is 0.229 e. The molecule has 0 aliphatic rings. The Morgan fingerprint density at radius 3 is 2.40 bits per heavy atom. The molecular formula is C12H19N7S. The second-order valence-corrected chi connectivity index (χ2v) is 5.78. The van der Waals surface area contributed by atoms with Crippen LogP contribution in [-0.4, -0.2) is 44.2 Å². The van der Waals surface area contributed by atoms with Gasteiger partial charge in [-0.2, -0.15) is 9.97 Å². The number of hydrogen-bond donors (Lipinski definition) is 1. The van der Waals surface area contributed by atoms with Gasteiger partial charge >= 0.3 is 0 Å². The number of aromatic nitrogens is 6. The number of H-pyrrole nitrogens is 1. The summed E-state index contributed by atoms with van der Waals surface area (Å²) >= 11 is 1.34. The van der Waals surface area contributed by atoms with Gasteiger partial charge in [-0.1, -0.05) is 20.8 Å². The highest BCUT2D eigenvalue weighted by molar-refractivity contribution is 7.99. The number of hydrogen-bond acceptors (Lipinski definition) is 7. The maximum atomic E-state index is 4.47. The van der Waals surface area contributed by atoms with E-state index < -0.39 is 0 Å². The van der Waals surface area contributed by atoms with Crippen molar-refractivity contribution in [3.63, 3.8) is 0 Å². The molecule has 0 bridgehead atoms. The zero-order valence-corrected chi connectivity index (χ0v) is 13.2. The smallest absolute Gasteiger partial charge is 0.229 e. The number of aromatic amines is 1. The van der Waals surface area contributed by atoms with Crippen LogP contribution in [0.15, 0.2) is 10.3 Å². The fourth-order valence-electron chi connectivity index (χ4n) is 1.43. The summed E-state index contributed by atoms with van der Waals surface area (Å²) in [6, 6.07) is 0. The van der Waals surface area contributed by atoms with Gasteiger partial charge in [0.25, 0.3) is 0 Å². The molecule has 0 fully saturated rings. The predicted molar refractivity (Wildman–Crippen MR) is 78.1 cm³/mol. The molecule has 7 nitrogen and oxygen atoms in total. The number of anilines is 1. The van der Waals surface area contributed by atoms with E-state index in [9.17, 15) is 0 Å².